The molecule has 0 aromatic heterocycles. The van der Waals surface area contributed by atoms with Gasteiger partial charge in [-0.15, -0.1) is 0 Å². The van der Waals surface area contributed by atoms with Gasteiger partial charge in [0.2, 0.25) is 0 Å². The quantitative estimate of drug-likeness (QED) is 0.558. The Morgan fingerprint density at radius 1 is 1.40 bits per heavy atom. The number of esters is 1. The molecule has 0 heterocycles. The second-order valence-electron chi connectivity index (χ2n) is 2.78. The molecule has 1 unspecified atom stereocenters. The van der Waals surface area contributed by atoms with Crippen molar-refractivity contribution in [3.8, 4) is 0 Å². The fourth-order valence-corrected chi connectivity index (χ4v) is 0.378. The minimum Gasteiger partial charge on any atom is -0.393 e. The van der Waals surface area contributed by atoms with E-state index in [9.17, 15) is 26.7 Å². The predicted octanol–water partition coefficient (Wildman–Crippen LogP) is 3.12. The van der Waals surface area contributed by atoms with Crippen LogP contribution in [0, 0.1) is 5.41 Å². The number of carbonyl (C=O) groups is 1. The Hall–Kier alpha value is -0.880. The summed E-state index contributed by atoms with van der Waals surface area (Å²) in [7, 11) is 0. The Labute approximate surface area is 90.4 Å². The molecule has 0 radical (unpaired) electrons. The number of ether oxygens (including phenoxy) is 1. The summed E-state index contributed by atoms with van der Waals surface area (Å²) in [4.78, 5) is 11.4. The van der Waals surface area contributed by atoms with Gasteiger partial charge >= 0.3 is 18.3 Å². The Balaban J connectivity index is 5.65. The van der Waals surface area contributed by atoms with Crippen molar-refractivity contribution in [3.05, 3.63) is 0 Å². The third kappa shape index (κ3) is 3.32. The van der Waals surface area contributed by atoms with Gasteiger partial charge in [0.15, 0.2) is 0 Å². The molecule has 90 valence electrons. The molecule has 0 aliphatic heterocycles. The van der Waals surface area contributed by atoms with Gasteiger partial charge in [-0.05, 0) is 20.1 Å². The van der Waals surface area contributed by atoms with Gasteiger partial charge in [0.25, 0.3) is 0 Å². The van der Waals surface area contributed by atoms with E-state index in [2.05, 4.69) is 4.74 Å². The summed E-state index contributed by atoms with van der Waals surface area (Å²) in [6.45, 7) is -2.54. The predicted molar refractivity (Wildman–Crippen MR) is 41.2 cm³/mol. The molecule has 7 heteroatoms. The number of hydrogen-bond acceptors (Lipinski definition) is 2. The van der Waals surface area contributed by atoms with Gasteiger partial charge in [-0.25, -0.2) is 0 Å². The van der Waals surface area contributed by atoms with Crippen LogP contribution in [0.5, 0.6) is 0 Å². The van der Waals surface area contributed by atoms with Crippen molar-refractivity contribution < 1.29 is 38.3 Å². The molecule has 0 spiro atoms. The molecular weight excluding hydrogens is 223 g/mol. The number of rotatable bonds is 3. The van der Waals surface area contributed by atoms with E-state index in [0.29, 0.717) is 13.8 Å². The van der Waals surface area contributed by atoms with E-state index < -0.39 is 36.9 Å². The zero-order valence-corrected chi connectivity index (χ0v) is 7.71. The summed E-state index contributed by atoms with van der Waals surface area (Å²) in [5.74, 6) is -2.51. The summed E-state index contributed by atoms with van der Waals surface area (Å²) >= 11 is 0. The number of alkyl halides is 5. The van der Waals surface area contributed by atoms with Crippen molar-refractivity contribution in [1.82, 2.24) is 0 Å². The summed E-state index contributed by atoms with van der Waals surface area (Å²) < 4.78 is 99.3. The van der Waals surface area contributed by atoms with Crippen molar-refractivity contribution in [3.63, 3.8) is 0 Å². The highest BCUT2D eigenvalue weighted by Gasteiger charge is 2.62. The van der Waals surface area contributed by atoms with Gasteiger partial charge in [0.05, 0.1) is 5.41 Å². The van der Waals surface area contributed by atoms with Gasteiger partial charge in [0, 0.05) is 6.85 Å². The van der Waals surface area contributed by atoms with Crippen LogP contribution in [0.2, 0.25) is 0 Å². The standard InChI is InChI=1S/C8H11F5O2/c1-4-6(2,3)5(14)15-8(12,13)7(9,10)11/h4H2,1-3H3/i2D3,4D2. The normalized spacial score (nSPS) is 23.8. The van der Waals surface area contributed by atoms with E-state index >= 15 is 0 Å². The van der Waals surface area contributed by atoms with E-state index in [1.165, 1.54) is 0 Å². The van der Waals surface area contributed by atoms with Gasteiger partial charge in [-0.3, -0.25) is 4.79 Å². The zero-order chi connectivity index (χ0) is 16.8. The SMILES string of the molecule is [2H]C([2H])([2H])C(C)(C(=O)OC(F)(F)C(F)(F)F)C([2H])([2H])C. The maximum Gasteiger partial charge on any atom is 0.501 e. The lowest BCUT2D eigenvalue weighted by Crippen LogP contribution is -2.43. The topological polar surface area (TPSA) is 26.3 Å². The smallest absolute Gasteiger partial charge is 0.393 e. The van der Waals surface area contributed by atoms with E-state index in [4.69, 9.17) is 6.85 Å². The molecule has 0 saturated carbocycles. The highest BCUT2D eigenvalue weighted by atomic mass is 19.4. The minimum atomic E-state index is -6.24. The molecule has 0 fully saturated rings. The molecule has 1 atom stereocenters. The Morgan fingerprint density at radius 2 is 1.87 bits per heavy atom. The first-order chi connectivity index (χ1) is 8.38. The molecule has 15 heavy (non-hydrogen) atoms. The van der Waals surface area contributed by atoms with Crippen molar-refractivity contribution in [2.75, 3.05) is 0 Å². The van der Waals surface area contributed by atoms with Crippen LogP contribution in [0.15, 0.2) is 0 Å². The summed E-state index contributed by atoms with van der Waals surface area (Å²) in [6, 6.07) is 0. The highest BCUT2D eigenvalue weighted by Crippen LogP contribution is 2.38. The third-order valence-corrected chi connectivity index (χ3v) is 1.46. The molecule has 0 saturated heterocycles. The number of carbonyl (C=O) groups excluding carboxylic acids is 1. The van der Waals surface area contributed by atoms with Gasteiger partial charge in [0.1, 0.15) is 0 Å². The van der Waals surface area contributed by atoms with Crippen LogP contribution in [-0.2, 0) is 9.53 Å². The molecule has 0 N–H and O–H groups in total. The van der Waals surface area contributed by atoms with Gasteiger partial charge < -0.3 is 4.74 Å². The Morgan fingerprint density at radius 3 is 2.13 bits per heavy atom. The maximum absolute atomic E-state index is 12.6. The van der Waals surface area contributed by atoms with Gasteiger partial charge in [-0.1, -0.05) is 6.92 Å². The minimum absolute atomic E-state index is 0.398. The first kappa shape index (κ1) is 7.40. The first-order valence-corrected chi connectivity index (χ1v) is 3.56. The molecule has 0 aromatic carbocycles. The Bertz CT molecular complexity index is 370. The summed E-state index contributed by atoms with van der Waals surface area (Å²) in [6.07, 6.45) is -15.1. The largest absolute Gasteiger partial charge is 0.501 e. The van der Waals surface area contributed by atoms with E-state index in [1.807, 2.05) is 0 Å². The molecule has 0 aromatic rings. The van der Waals surface area contributed by atoms with Crippen molar-refractivity contribution in [2.45, 2.75) is 39.4 Å². The molecule has 0 rings (SSSR count). The molecule has 0 aliphatic rings. The lowest BCUT2D eigenvalue weighted by atomic mass is 9.91. The van der Waals surface area contributed by atoms with Gasteiger partial charge in [-0.2, -0.15) is 22.0 Å². The molecule has 0 bridgehead atoms. The van der Waals surface area contributed by atoms with Crippen molar-refractivity contribution in [2.24, 2.45) is 5.41 Å². The first-order valence-electron chi connectivity index (χ1n) is 6.06. The van der Waals surface area contributed by atoms with Crippen LogP contribution in [-0.4, -0.2) is 18.3 Å². The lowest BCUT2D eigenvalue weighted by Gasteiger charge is -2.25. The van der Waals surface area contributed by atoms with Crippen molar-refractivity contribution >= 4 is 5.97 Å². The maximum atomic E-state index is 12.6. The molecular formula is C8H11F5O2. The molecule has 0 aliphatic carbocycles. The van der Waals surface area contributed by atoms with E-state index in [1.54, 1.807) is 0 Å². The van der Waals surface area contributed by atoms with E-state index in [0.717, 1.165) is 0 Å². The average Bonchev–Trinajstić information content (AvgIpc) is 2.09. The van der Waals surface area contributed by atoms with Crippen LogP contribution in [0.4, 0.5) is 22.0 Å². The summed E-state index contributed by atoms with van der Waals surface area (Å²) in [5, 5.41) is 0. The van der Waals surface area contributed by atoms with Crippen LogP contribution >= 0.6 is 0 Å². The lowest BCUT2D eigenvalue weighted by molar-refractivity contribution is -0.378. The fourth-order valence-electron chi connectivity index (χ4n) is 0.378. The molecule has 2 nitrogen and oxygen atoms in total. The average molecular weight is 239 g/mol. The van der Waals surface area contributed by atoms with Crippen LogP contribution < -0.4 is 0 Å². The zero-order valence-electron chi connectivity index (χ0n) is 12.7. The third-order valence-electron chi connectivity index (χ3n) is 1.46. The highest BCUT2D eigenvalue weighted by molar-refractivity contribution is 5.76. The second kappa shape index (κ2) is 3.94. The number of halogens is 5. The molecule has 0 amide bonds. The number of hydrogen-bond donors (Lipinski definition) is 0. The van der Waals surface area contributed by atoms with Crippen molar-refractivity contribution in [1.29, 1.82) is 0 Å². The fraction of sp³-hybridized carbons (Fsp3) is 0.875. The van der Waals surface area contributed by atoms with Crippen LogP contribution in [0.25, 0.3) is 0 Å². The monoisotopic (exact) mass is 239 g/mol. The Kier molecular flexibility index (Phi) is 1.94. The second-order valence-corrected chi connectivity index (χ2v) is 2.78. The van der Waals surface area contributed by atoms with E-state index in [-0.39, 0.29) is 0 Å². The summed E-state index contributed by atoms with van der Waals surface area (Å²) in [5.41, 5.74) is -3.20. The van der Waals surface area contributed by atoms with Crippen LogP contribution in [0.3, 0.4) is 0 Å². The van der Waals surface area contributed by atoms with Crippen LogP contribution in [0.1, 0.15) is 33.9 Å².